The lowest BCUT2D eigenvalue weighted by atomic mass is 10.1. The number of aliphatic carboxylic acids is 1. The molecule has 0 amide bonds. The second kappa shape index (κ2) is 7.58. The molecule has 0 spiro atoms. The minimum absolute atomic E-state index is 0.207. The molecule has 1 saturated heterocycles. The molecule has 0 aliphatic carbocycles. The third kappa shape index (κ3) is 3.65. The van der Waals surface area contributed by atoms with Crippen molar-refractivity contribution in [3.05, 3.63) is 62.2 Å². The number of halogens is 2. The van der Waals surface area contributed by atoms with Crippen LogP contribution in [0.25, 0.3) is 22.3 Å². The summed E-state index contributed by atoms with van der Waals surface area (Å²) in [5, 5.41) is 12.8. The molecular formula is C20H15BrClNO5. The number of para-hydroxylation sites is 1. The largest absolute Gasteiger partial charge is 0.488 e. The molecule has 0 radical (unpaired) electrons. The molecule has 144 valence electrons. The smallest absolute Gasteiger partial charge is 0.320 e. The molecule has 0 unspecified atom stereocenters. The number of fused-ring (bicyclic) bond motifs is 1. The van der Waals surface area contributed by atoms with Crippen molar-refractivity contribution in [2.45, 2.75) is 18.6 Å². The van der Waals surface area contributed by atoms with Crippen LogP contribution in [0.4, 0.5) is 0 Å². The van der Waals surface area contributed by atoms with Gasteiger partial charge in [-0.2, -0.15) is 0 Å². The number of hydrogen-bond acceptors (Lipinski definition) is 5. The van der Waals surface area contributed by atoms with Crippen molar-refractivity contribution in [2.24, 2.45) is 0 Å². The van der Waals surface area contributed by atoms with Crippen LogP contribution in [-0.4, -0.2) is 29.8 Å². The fourth-order valence-corrected chi connectivity index (χ4v) is 3.79. The van der Waals surface area contributed by atoms with Gasteiger partial charge in [0.2, 0.25) is 0 Å². The Morgan fingerprint density at radius 2 is 2.11 bits per heavy atom. The molecule has 28 heavy (non-hydrogen) atoms. The summed E-state index contributed by atoms with van der Waals surface area (Å²) in [6.07, 6.45) is 0.0272. The first kappa shape index (κ1) is 19.0. The quantitative estimate of drug-likeness (QED) is 0.605. The van der Waals surface area contributed by atoms with Crippen molar-refractivity contribution >= 4 is 44.5 Å². The van der Waals surface area contributed by atoms with Gasteiger partial charge < -0.3 is 19.6 Å². The second-order valence-electron chi connectivity index (χ2n) is 6.51. The Morgan fingerprint density at radius 1 is 1.29 bits per heavy atom. The van der Waals surface area contributed by atoms with Crippen LogP contribution >= 0.6 is 27.5 Å². The highest BCUT2D eigenvalue weighted by molar-refractivity contribution is 9.10. The molecule has 1 aromatic heterocycles. The summed E-state index contributed by atoms with van der Waals surface area (Å²) in [6, 6.07) is 11.1. The maximum atomic E-state index is 12.5. The number of benzene rings is 2. The van der Waals surface area contributed by atoms with E-state index < -0.39 is 12.0 Å². The van der Waals surface area contributed by atoms with Crippen LogP contribution in [0.15, 0.2) is 56.1 Å². The number of rotatable bonds is 4. The summed E-state index contributed by atoms with van der Waals surface area (Å²) in [5.41, 5.74) is 0.691. The monoisotopic (exact) mass is 463 g/mol. The lowest BCUT2D eigenvalue weighted by Crippen LogP contribution is -2.30. The predicted molar refractivity (Wildman–Crippen MR) is 109 cm³/mol. The second-order valence-corrected chi connectivity index (χ2v) is 7.83. The maximum absolute atomic E-state index is 12.5. The van der Waals surface area contributed by atoms with E-state index >= 15 is 0 Å². The van der Waals surface area contributed by atoms with Crippen molar-refractivity contribution in [3.8, 4) is 17.1 Å². The highest BCUT2D eigenvalue weighted by atomic mass is 79.9. The molecule has 0 saturated carbocycles. The van der Waals surface area contributed by atoms with Gasteiger partial charge in [0.05, 0.1) is 16.0 Å². The van der Waals surface area contributed by atoms with Crippen LogP contribution in [0.3, 0.4) is 0 Å². The first-order chi connectivity index (χ1) is 13.4. The number of ether oxygens (including phenoxy) is 1. The Kier molecular flexibility index (Phi) is 5.14. The summed E-state index contributed by atoms with van der Waals surface area (Å²) in [4.78, 5) is 23.7. The van der Waals surface area contributed by atoms with E-state index in [1.807, 2.05) is 6.07 Å². The number of carboxylic acid groups (broad SMARTS) is 1. The Hall–Kier alpha value is -2.35. The molecule has 3 aromatic rings. The van der Waals surface area contributed by atoms with Gasteiger partial charge in [-0.1, -0.05) is 33.6 Å². The zero-order chi connectivity index (χ0) is 19.8. The van der Waals surface area contributed by atoms with E-state index in [2.05, 4.69) is 21.2 Å². The molecule has 1 aliphatic heterocycles. The van der Waals surface area contributed by atoms with E-state index in [0.29, 0.717) is 46.0 Å². The Balaban J connectivity index is 1.75. The van der Waals surface area contributed by atoms with E-state index in [-0.39, 0.29) is 11.5 Å². The Morgan fingerprint density at radius 3 is 2.86 bits per heavy atom. The molecule has 1 aliphatic rings. The van der Waals surface area contributed by atoms with Crippen LogP contribution in [-0.2, 0) is 4.79 Å². The van der Waals surface area contributed by atoms with Crippen molar-refractivity contribution in [2.75, 3.05) is 6.54 Å². The molecule has 6 nitrogen and oxygen atoms in total. The normalized spacial score (nSPS) is 19.1. The molecule has 1 fully saturated rings. The summed E-state index contributed by atoms with van der Waals surface area (Å²) in [6.45, 7) is 0.413. The molecular weight excluding hydrogens is 450 g/mol. The summed E-state index contributed by atoms with van der Waals surface area (Å²) < 4.78 is 12.8. The number of hydrogen-bond donors (Lipinski definition) is 2. The van der Waals surface area contributed by atoms with Gasteiger partial charge >= 0.3 is 5.97 Å². The van der Waals surface area contributed by atoms with E-state index in [0.717, 1.165) is 4.47 Å². The van der Waals surface area contributed by atoms with Gasteiger partial charge in [0.1, 0.15) is 23.7 Å². The fourth-order valence-electron chi connectivity index (χ4n) is 3.23. The van der Waals surface area contributed by atoms with Gasteiger partial charge in [-0.3, -0.25) is 9.59 Å². The number of carbonyl (C=O) groups is 1. The maximum Gasteiger partial charge on any atom is 0.320 e. The van der Waals surface area contributed by atoms with E-state index in [4.69, 9.17) is 25.9 Å². The Bertz CT molecular complexity index is 1130. The zero-order valence-electron chi connectivity index (χ0n) is 14.4. The molecule has 2 N–H and O–H groups in total. The summed E-state index contributed by atoms with van der Waals surface area (Å²) in [5.74, 6) is -0.0914. The standard InChI is InChI=1S/C20H15BrClNO5/c21-10-4-5-13(17(6-10)27-11-7-15(20(25)26)23-9-11)18-8-16(24)12-2-1-3-14(22)19(12)28-18/h1-6,8,11,15,23H,7,9H2,(H,25,26)/t11-,15-/m0/s1. The van der Waals surface area contributed by atoms with Crippen LogP contribution in [0.2, 0.25) is 5.02 Å². The van der Waals surface area contributed by atoms with Crippen LogP contribution in [0, 0.1) is 0 Å². The molecule has 8 heteroatoms. The molecule has 2 heterocycles. The fraction of sp³-hybridized carbons (Fsp3) is 0.200. The first-order valence-corrected chi connectivity index (χ1v) is 9.74. The van der Waals surface area contributed by atoms with Gasteiger partial charge in [0.25, 0.3) is 0 Å². The highest BCUT2D eigenvalue weighted by Crippen LogP contribution is 2.35. The van der Waals surface area contributed by atoms with Crippen molar-refractivity contribution in [1.82, 2.24) is 5.32 Å². The van der Waals surface area contributed by atoms with Gasteiger partial charge in [0, 0.05) is 23.5 Å². The van der Waals surface area contributed by atoms with Crippen molar-refractivity contribution in [1.29, 1.82) is 0 Å². The molecule has 2 aromatic carbocycles. The number of carboxylic acids is 1. The van der Waals surface area contributed by atoms with Crippen LogP contribution < -0.4 is 15.5 Å². The number of nitrogens with one attached hydrogen (secondary N) is 1. The summed E-state index contributed by atoms with van der Waals surface area (Å²) >= 11 is 9.62. The van der Waals surface area contributed by atoms with Crippen LogP contribution in [0.5, 0.6) is 5.75 Å². The lowest BCUT2D eigenvalue weighted by Gasteiger charge is -2.16. The van der Waals surface area contributed by atoms with E-state index in [1.54, 1.807) is 30.3 Å². The molecule has 4 rings (SSSR count). The summed E-state index contributed by atoms with van der Waals surface area (Å²) in [7, 11) is 0. The highest BCUT2D eigenvalue weighted by Gasteiger charge is 2.31. The Labute approximate surface area is 173 Å². The van der Waals surface area contributed by atoms with Gasteiger partial charge in [0.15, 0.2) is 11.0 Å². The van der Waals surface area contributed by atoms with E-state index in [1.165, 1.54) is 6.07 Å². The average molecular weight is 465 g/mol. The van der Waals surface area contributed by atoms with Crippen molar-refractivity contribution in [3.63, 3.8) is 0 Å². The minimum Gasteiger partial charge on any atom is -0.488 e. The van der Waals surface area contributed by atoms with Gasteiger partial charge in [-0.05, 0) is 30.3 Å². The first-order valence-electron chi connectivity index (χ1n) is 8.57. The third-order valence-electron chi connectivity index (χ3n) is 4.60. The van der Waals surface area contributed by atoms with Crippen molar-refractivity contribution < 1.29 is 19.1 Å². The van der Waals surface area contributed by atoms with Crippen LogP contribution in [0.1, 0.15) is 6.42 Å². The SMILES string of the molecule is O=C(O)[C@@H]1C[C@H](Oc2cc(Br)ccc2-c2cc(=O)c3cccc(Cl)c3o2)CN1. The topological polar surface area (TPSA) is 88.8 Å². The van der Waals surface area contributed by atoms with Gasteiger partial charge in [-0.15, -0.1) is 0 Å². The third-order valence-corrected chi connectivity index (χ3v) is 5.39. The van der Waals surface area contributed by atoms with Gasteiger partial charge in [-0.25, -0.2) is 0 Å². The molecule has 0 bridgehead atoms. The minimum atomic E-state index is -0.907. The molecule has 2 atom stereocenters. The predicted octanol–water partition coefficient (Wildman–Crippen LogP) is 4.07. The lowest BCUT2D eigenvalue weighted by molar-refractivity contribution is -0.139. The average Bonchev–Trinajstić information content (AvgIpc) is 3.11. The zero-order valence-corrected chi connectivity index (χ0v) is 16.8. The van der Waals surface area contributed by atoms with E-state index in [9.17, 15) is 9.59 Å².